The molecular weight excluding hydrogens is 278 g/mol. The smallest absolute Gasteiger partial charge is 0.150 e. The molecule has 1 fully saturated rings. The van der Waals surface area contributed by atoms with E-state index in [-0.39, 0.29) is 23.5 Å². The van der Waals surface area contributed by atoms with Crippen molar-refractivity contribution in [2.24, 2.45) is 17.7 Å². The number of nitrogens with two attached hydrogens (primary N) is 1. The maximum atomic E-state index is 11.6. The lowest BCUT2D eigenvalue weighted by Gasteiger charge is -2.21. The molecular formula is C12H23N5O2S. The Hall–Kier alpha value is -0.990. The number of aromatic nitrogens is 3. The number of hydrogen-bond donors (Lipinski definition) is 2. The molecule has 8 heteroatoms. The van der Waals surface area contributed by atoms with Gasteiger partial charge in [-0.2, -0.15) is 5.10 Å². The first kappa shape index (κ1) is 15.4. The van der Waals surface area contributed by atoms with Crippen molar-refractivity contribution in [3.05, 3.63) is 12.2 Å². The highest BCUT2D eigenvalue weighted by Gasteiger charge is 2.34. The van der Waals surface area contributed by atoms with E-state index in [9.17, 15) is 8.42 Å². The third-order valence-electron chi connectivity index (χ3n) is 3.69. The number of rotatable bonds is 6. The lowest BCUT2D eigenvalue weighted by molar-refractivity contribution is 0.366. The van der Waals surface area contributed by atoms with Crippen LogP contribution in [-0.2, 0) is 22.8 Å². The molecule has 2 rings (SSSR count). The molecule has 0 aromatic carbocycles. The van der Waals surface area contributed by atoms with E-state index in [2.05, 4.69) is 29.4 Å². The number of hydrogen-bond acceptors (Lipinski definition) is 6. The second-order valence-electron chi connectivity index (χ2n) is 5.89. The average Bonchev–Trinajstić information content (AvgIpc) is 2.92. The van der Waals surface area contributed by atoms with E-state index < -0.39 is 9.84 Å². The van der Waals surface area contributed by atoms with Crippen molar-refractivity contribution in [3.8, 4) is 0 Å². The summed E-state index contributed by atoms with van der Waals surface area (Å²) in [6, 6.07) is -0.0811. The largest absolute Gasteiger partial charge is 0.271 e. The van der Waals surface area contributed by atoms with E-state index in [4.69, 9.17) is 5.84 Å². The molecule has 0 aliphatic carbocycles. The molecule has 0 bridgehead atoms. The summed E-state index contributed by atoms with van der Waals surface area (Å²) < 4.78 is 25.0. The fraction of sp³-hybridized carbons (Fsp3) is 0.833. The quantitative estimate of drug-likeness (QED) is 0.554. The van der Waals surface area contributed by atoms with Gasteiger partial charge in [0.1, 0.15) is 12.2 Å². The number of hydrazine groups is 1. The molecule has 0 radical (unpaired) electrons. The van der Waals surface area contributed by atoms with E-state index in [1.165, 1.54) is 6.33 Å². The van der Waals surface area contributed by atoms with Gasteiger partial charge >= 0.3 is 0 Å². The van der Waals surface area contributed by atoms with Crippen molar-refractivity contribution < 1.29 is 8.42 Å². The Morgan fingerprint density at radius 1 is 1.55 bits per heavy atom. The molecule has 0 spiro atoms. The summed E-state index contributed by atoms with van der Waals surface area (Å²) in [7, 11) is -2.90. The van der Waals surface area contributed by atoms with Gasteiger partial charge in [0.2, 0.25) is 0 Å². The molecule has 7 nitrogen and oxygen atoms in total. The molecule has 0 saturated carbocycles. The van der Waals surface area contributed by atoms with Crippen LogP contribution in [-0.4, -0.2) is 40.7 Å². The summed E-state index contributed by atoms with van der Waals surface area (Å²) in [6.45, 7) is 5.04. The van der Waals surface area contributed by atoms with E-state index in [1.54, 1.807) is 0 Å². The molecule has 3 N–H and O–H groups in total. The van der Waals surface area contributed by atoms with Crippen LogP contribution < -0.4 is 11.3 Å². The summed E-state index contributed by atoms with van der Waals surface area (Å²) >= 11 is 0. The lowest BCUT2D eigenvalue weighted by Crippen LogP contribution is -2.43. The summed E-state index contributed by atoms with van der Waals surface area (Å²) in [5.74, 6) is 7.46. The van der Waals surface area contributed by atoms with Crippen molar-refractivity contribution >= 4 is 9.84 Å². The second kappa shape index (κ2) is 6.19. The first-order valence-electron chi connectivity index (χ1n) is 6.94. The first-order chi connectivity index (χ1) is 9.41. The third kappa shape index (κ3) is 3.77. The fourth-order valence-electron chi connectivity index (χ4n) is 2.64. The van der Waals surface area contributed by atoms with E-state index in [0.717, 1.165) is 12.4 Å². The standard InChI is InChI=1S/C12H23N5O2S/c1-9(2)6-17-12(14-8-15-17)5-11(16-13)10-3-4-20(18,19)7-10/h8-11,16H,3-7,13H2,1-2H3. The van der Waals surface area contributed by atoms with Crippen LogP contribution in [0.5, 0.6) is 0 Å². The van der Waals surface area contributed by atoms with Crippen molar-refractivity contribution in [1.29, 1.82) is 0 Å². The minimum absolute atomic E-state index is 0.0502. The Morgan fingerprint density at radius 2 is 2.30 bits per heavy atom. The third-order valence-corrected chi connectivity index (χ3v) is 5.48. The minimum Gasteiger partial charge on any atom is -0.271 e. The number of nitrogens with zero attached hydrogens (tertiary/aromatic N) is 3. The maximum absolute atomic E-state index is 11.6. The second-order valence-corrected chi connectivity index (χ2v) is 8.12. The summed E-state index contributed by atoms with van der Waals surface area (Å²) in [4.78, 5) is 4.27. The van der Waals surface area contributed by atoms with Gasteiger partial charge in [0, 0.05) is 19.0 Å². The molecule has 1 saturated heterocycles. The van der Waals surface area contributed by atoms with Crippen LogP contribution in [0.4, 0.5) is 0 Å². The van der Waals surface area contributed by atoms with Gasteiger partial charge in [-0.25, -0.2) is 18.1 Å². The molecule has 0 amide bonds. The molecule has 1 aliphatic rings. The Labute approximate surface area is 119 Å². The Kier molecular flexibility index (Phi) is 4.77. The normalized spacial score (nSPS) is 23.3. The Bertz CT molecular complexity index is 540. The number of sulfone groups is 1. The molecule has 1 aromatic rings. The zero-order valence-corrected chi connectivity index (χ0v) is 12.8. The Morgan fingerprint density at radius 3 is 2.85 bits per heavy atom. The summed E-state index contributed by atoms with van der Waals surface area (Å²) in [5, 5.41) is 4.22. The highest BCUT2D eigenvalue weighted by molar-refractivity contribution is 7.91. The minimum atomic E-state index is -2.90. The predicted octanol–water partition coefficient (Wildman–Crippen LogP) is -0.257. The molecule has 1 aliphatic heterocycles. The zero-order chi connectivity index (χ0) is 14.8. The Balaban J connectivity index is 2.05. The SMILES string of the molecule is CC(C)Cn1ncnc1CC(NN)C1CCS(=O)(=O)C1. The monoisotopic (exact) mass is 301 g/mol. The van der Waals surface area contributed by atoms with Crippen LogP contribution in [0, 0.1) is 11.8 Å². The zero-order valence-electron chi connectivity index (χ0n) is 12.0. The van der Waals surface area contributed by atoms with Gasteiger partial charge in [-0.15, -0.1) is 0 Å². The van der Waals surface area contributed by atoms with Crippen LogP contribution >= 0.6 is 0 Å². The molecule has 2 heterocycles. The highest BCUT2D eigenvalue weighted by atomic mass is 32.2. The van der Waals surface area contributed by atoms with Gasteiger partial charge in [-0.3, -0.25) is 11.3 Å². The van der Waals surface area contributed by atoms with Crippen LogP contribution in [0.3, 0.4) is 0 Å². The van der Waals surface area contributed by atoms with Crippen molar-refractivity contribution in [2.45, 2.75) is 39.3 Å². The van der Waals surface area contributed by atoms with Gasteiger partial charge < -0.3 is 0 Å². The van der Waals surface area contributed by atoms with E-state index >= 15 is 0 Å². The molecule has 2 unspecified atom stereocenters. The van der Waals surface area contributed by atoms with Gasteiger partial charge in [0.15, 0.2) is 9.84 Å². The maximum Gasteiger partial charge on any atom is 0.150 e. The highest BCUT2D eigenvalue weighted by Crippen LogP contribution is 2.23. The van der Waals surface area contributed by atoms with Crippen LogP contribution in [0.2, 0.25) is 0 Å². The van der Waals surface area contributed by atoms with Crippen LogP contribution in [0.1, 0.15) is 26.1 Å². The van der Waals surface area contributed by atoms with Crippen molar-refractivity contribution in [2.75, 3.05) is 11.5 Å². The molecule has 20 heavy (non-hydrogen) atoms. The van der Waals surface area contributed by atoms with Gasteiger partial charge in [-0.05, 0) is 18.3 Å². The lowest BCUT2D eigenvalue weighted by atomic mass is 9.96. The summed E-state index contributed by atoms with van der Waals surface area (Å²) in [5.41, 5.74) is 2.76. The van der Waals surface area contributed by atoms with Crippen molar-refractivity contribution in [3.63, 3.8) is 0 Å². The van der Waals surface area contributed by atoms with Gasteiger partial charge in [0.05, 0.1) is 11.5 Å². The topological polar surface area (TPSA) is 103 Å². The van der Waals surface area contributed by atoms with Crippen molar-refractivity contribution in [1.82, 2.24) is 20.2 Å². The van der Waals surface area contributed by atoms with Crippen LogP contribution in [0.25, 0.3) is 0 Å². The van der Waals surface area contributed by atoms with Gasteiger partial charge in [0.25, 0.3) is 0 Å². The fourth-order valence-corrected chi connectivity index (χ4v) is 4.52. The van der Waals surface area contributed by atoms with E-state index in [0.29, 0.717) is 18.8 Å². The van der Waals surface area contributed by atoms with Crippen LogP contribution in [0.15, 0.2) is 6.33 Å². The average molecular weight is 301 g/mol. The summed E-state index contributed by atoms with van der Waals surface area (Å²) in [6.07, 6.45) is 2.80. The number of nitrogens with one attached hydrogen (secondary N) is 1. The van der Waals surface area contributed by atoms with Gasteiger partial charge in [-0.1, -0.05) is 13.8 Å². The van der Waals surface area contributed by atoms with E-state index in [1.807, 2.05) is 4.68 Å². The first-order valence-corrected chi connectivity index (χ1v) is 8.76. The predicted molar refractivity (Wildman–Crippen MR) is 76.4 cm³/mol. The molecule has 114 valence electrons. The molecule has 2 atom stereocenters. The molecule has 1 aromatic heterocycles.